The number of unbranched alkanes of at least 4 members (excludes halogenated alkanes) is 2. The standard InChI is InChI=1S/C22H35BrN2O3S/c1-3-7-19(24)8-5-4-6-17-28-21-13-11-20(12-14-21)25(2)29(26,27)22-15-9-18(23)10-16-22/h3,9-10,15-16,19-21H,1,4-8,11-14,17,24H2,2H3. The predicted molar refractivity (Wildman–Crippen MR) is 122 cm³/mol. The first-order valence-corrected chi connectivity index (χ1v) is 12.8. The minimum absolute atomic E-state index is 0.0369. The van der Waals surface area contributed by atoms with Crippen LogP contribution in [0.1, 0.15) is 57.8 Å². The quantitative estimate of drug-likeness (QED) is 0.338. The average molecular weight is 488 g/mol. The second-order valence-corrected chi connectivity index (χ2v) is 10.8. The monoisotopic (exact) mass is 486 g/mol. The van der Waals surface area contributed by atoms with Gasteiger partial charge in [0.1, 0.15) is 0 Å². The number of hydrogen-bond acceptors (Lipinski definition) is 4. The fourth-order valence-electron chi connectivity index (χ4n) is 3.81. The van der Waals surface area contributed by atoms with Crippen LogP contribution in [0.3, 0.4) is 0 Å². The van der Waals surface area contributed by atoms with Gasteiger partial charge in [0, 0.05) is 30.2 Å². The molecule has 0 radical (unpaired) electrons. The van der Waals surface area contributed by atoms with Crippen molar-refractivity contribution in [2.45, 2.75) is 80.9 Å². The summed E-state index contributed by atoms with van der Waals surface area (Å²) >= 11 is 3.35. The van der Waals surface area contributed by atoms with Crippen molar-refractivity contribution in [1.29, 1.82) is 0 Å². The molecule has 1 aliphatic rings. The maximum atomic E-state index is 12.9. The molecule has 0 aliphatic heterocycles. The SMILES string of the molecule is C=CCC(N)CCCCCOC1CCC(N(C)S(=O)(=O)c2ccc(Br)cc2)CC1. The van der Waals surface area contributed by atoms with E-state index in [4.69, 9.17) is 10.5 Å². The van der Waals surface area contributed by atoms with Gasteiger partial charge < -0.3 is 10.5 Å². The Balaban J connectivity index is 1.68. The molecule has 0 spiro atoms. The summed E-state index contributed by atoms with van der Waals surface area (Å²) in [7, 11) is -1.76. The van der Waals surface area contributed by atoms with E-state index in [2.05, 4.69) is 22.5 Å². The fourth-order valence-corrected chi connectivity index (χ4v) is 5.49. The molecule has 0 amide bonds. The van der Waals surface area contributed by atoms with E-state index in [-0.39, 0.29) is 18.2 Å². The molecule has 1 aromatic rings. The third kappa shape index (κ3) is 7.79. The van der Waals surface area contributed by atoms with Gasteiger partial charge in [-0.15, -0.1) is 6.58 Å². The summed E-state index contributed by atoms with van der Waals surface area (Å²) < 4.78 is 34.1. The van der Waals surface area contributed by atoms with Crippen molar-refractivity contribution in [1.82, 2.24) is 4.31 Å². The van der Waals surface area contributed by atoms with Gasteiger partial charge in [0.2, 0.25) is 10.0 Å². The Morgan fingerprint density at radius 1 is 1.21 bits per heavy atom. The highest BCUT2D eigenvalue weighted by atomic mass is 79.9. The lowest BCUT2D eigenvalue weighted by Crippen LogP contribution is -2.40. The van der Waals surface area contributed by atoms with Gasteiger partial charge in [-0.1, -0.05) is 34.8 Å². The van der Waals surface area contributed by atoms with Crippen LogP contribution in [0.2, 0.25) is 0 Å². The van der Waals surface area contributed by atoms with Crippen LogP contribution in [0.5, 0.6) is 0 Å². The van der Waals surface area contributed by atoms with Crippen LogP contribution in [0, 0.1) is 0 Å². The topological polar surface area (TPSA) is 72.6 Å². The summed E-state index contributed by atoms with van der Waals surface area (Å²) in [6.07, 6.45) is 10.9. The number of nitrogens with zero attached hydrogens (tertiary/aromatic N) is 1. The molecule has 5 nitrogen and oxygen atoms in total. The number of ether oxygens (including phenoxy) is 1. The summed E-state index contributed by atoms with van der Waals surface area (Å²) in [4.78, 5) is 0.342. The van der Waals surface area contributed by atoms with Crippen molar-refractivity contribution >= 4 is 26.0 Å². The zero-order valence-electron chi connectivity index (χ0n) is 17.4. The van der Waals surface area contributed by atoms with E-state index in [0.717, 1.165) is 68.9 Å². The Morgan fingerprint density at radius 2 is 1.86 bits per heavy atom. The molecule has 0 bridgehead atoms. The molecule has 1 atom stereocenters. The first-order chi connectivity index (χ1) is 13.8. The molecule has 0 aromatic heterocycles. The van der Waals surface area contributed by atoms with Gasteiger partial charge in [-0.05, 0) is 69.2 Å². The molecule has 29 heavy (non-hydrogen) atoms. The summed E-state index contributed by atoms with van der Waals surface area (Å²) in [5.74, 6) is 0. The van der Waals surface area contributed by atoms with Crippen molar-refractivity contribution in [2.75, 3.05) is 13.7 Å². The molecular weight excluding hydrogens is 452 g/mol. The van der Waals surface area contributed by atoms with Gasteiger partial charge in [0.15, 0.2) is 0 Å². The largest absolute Gasteiger partial charge is 0.378 e. The molecule has 0 saturated heterocycles. The summed E-state index contributed by atoms with van der Waals surface area (Å²) in [5.41, 5.74) is 5.98. The second-order valence-electron chi connectivity index (χ2n) is 7.91. The van der Waals surface area contributed by atoms with Crippen molar-refractivity contribution in [3.05, 3.63) is 41.4 Å². The predicted octanol–water partition coefficient (Wildman–Crippen LogP) is 4.86. The molecule has 1 aromatic carbocycles. The smallest absolute Gasteiger partial charge is 0.243 e. The van der Waals surface area contributed by atoms with E-state index in [1.54, 1.807) is 35.6 Å². The van der Waals surface area contributed by atoms with Gasteiger partial charge in [0.05, 0.1) is 11.0 Å². The molecule has 1 saturated carbocycles. The van der Waals surface area contributed by atoms with Crippen LogP contribution in [0.15, 0.2) is 46.3 Å². The number of halogens is 1. The highest BCUT2D eigenvalue weighted by Crippen LogP contribution is 2.28. The van der Waals surface area contributed by atoms with Gasteiger partial charge in [-0.25, -0.2) is 8.42 Å². The van der Waals surface area contributed by atoms with Crippen molar-refractivity contribution < 1.29 is 13.2 Å². The summed E-state index contributed by atoms with van der Waals surface area (Å²) in [6, 6.07) is 7.09. The maximum absolute atomic E-state index is 12.9. The van der Waals surface area contributed by atoms with E-state index in [0.29, 0.717) is 4.90 Å². The Labute approximate surface area is 184 Å². The van der Waals surface area contributed by atoms with Gasteiger partial charge >= 0.3 is 0 Å². The Kier molecular flexibility index (Phi) is 10.3. The van der Waals surface area contributed by atoms with E-state index < -0.39 is 10.0 Å². The number of sulfonamides is 1. The van der Waals surface area contributed by atoms with Crippen molar-refractivity contribution in [3.8, 4) is 0 Å². The van der Waals surface area contributed by atoms with Gasteiger partial charge in [0.25, 0.3) is 0 Å². The third-order valence-electron chi connectivity index (χ3n) is 5.69. The van der Waals surface area contributed by atoms with E-state index >= 15 is 0 Å². The van der Waals surface area contributed by atoms with Crippen LogP contribution in [-0.2, 0) is 14.8 Å². The number of rotatable bonds is 12. The first-order valence-electron chi connectivity index (χ1n) is 10.6. The molecule has 7 heteroatoms. The average Bonchev–Trinajstić information content (AvgIpc) is 2.71. The summed E-state index contributed by atoms with van der Waals surface area (Å²) in [6.45, 7) is 4.50. The zero-order valence-corrected chi connectivity index (χ0v) is 19.8. The number of nitrogens with two attached hydrogens (primary N) is 1. The van der Waals surface area contributed by atoms with E-state index in [1.165, 1.54) is 0 Å². The number of benzene rings is 1. The minimum atomic E-state index is -3.46. The lowest BCUT2D eigenvalue weighted by molar-refractivity contribution is 0.0156. The molecular formula is C22H35BrN2O3S. The van der Waals surface area contributed by atoms with Crippen LogP contribution in [0.25, 0.3) is 0 Å². The highest BCUT2D eigenvalue weighted by Gasteiger charge is 2.31. The van der Waals surface area contributed by atoms with Crippen molar-refractivity contribution in [3.63, 3.8) is 0 Å². The van der Waals surface area contributed by atoms with Crippen LogP contribution in [-0.4, -0.2) is 44.6 Å². The Morgan fingerprint density at radius 3 is 2.48 bits per heavy atom. The Hall–Kier alpha value is -0.730. The van der Waals surface area contributed by atoms with E-state index in [9.17, 15) is 8.42 Å². The highest BCUT2D eigenvalue weighted by molar-refractivity contribution is 9.10. The lowest BCUT2D eigenvalue weighted by atomic mass is 9.93. The molecule has 2 N–H and O–H groups in total. The van der Waals surface area contributed by atoms with Gasteiger partial charge in [-0.3, -0.25) is 0 Å². The molecule has 164 valence electrons. The van der Waals surface area contributed by atoms with Crippen LogP contribution >= 0.6 is 15.9 Å². The molecule has 0 heterocycles. The first kappa shape index (κ1) is 24.5. The van der Waals surface area contributed by atoms with Gasteiger partial charge in [-0.2, -0.15) is 4.31 Å². The third-order valence-corrected chi connectivity index (χ3v) is 8.14. The maximum Gasteiger partial charge on any atom is 0.243 e. The van der Waals surface area contributed by atoms with Crippen molar-refractivity contribution in [2.24, 2.45) is 5.73 Å². The second kappa shape index (κ2) is 12.2. The molecule has 2 rings (SSSR count). The molecule has 1 aliphatic carbocycles. The fraction of sp³-hybridized carbons (Fsp3) is 0.636. The lowest BCUT2D eigenvalue weighted by Gasteiger charge is -2.34. The van der Waals surface area contributed by atoms with Crippen LogP contribution < -0.4 is 5.73 Å². The normalized spacial score (nSPS) is 21.2. The minimum Gasteiger partial charge on any atom is -0.378 e. The molecule has 1 fully saturated rings. The zero-order chi connectivity index (χ0) is 21.3. The van der Waals surface area contributed by atoms with E-state index in [1.807, 2.05) is 6.08 Å². The Bertz CT molecular complexity index is 716. The van der Waals surface area contributed by atoms with Crippen LogP contribution in [0.4, 0.5) is 0 Å². The number of hydrogen-bond donors (Lipinski definition) is 1. The molecule has 1 unspecified atom stereocenters. The summed E-state index contributed by atoms with van der Waals surface area (Å²) in [5, 5.41) is 0.